The molecule has 0 fully saturated rings. The summed E-state index contributed by atoms with van der Waals surface area (Å²) in [4.78, 5) is 16.5. The molecular formula is C7H7N3O. The zero-order valence-electron chi connectivity index (χ0n) is 5.72. The Balaban J connectivity index is 3.02. The summed E-state index contributed by atoms with van der Waals surface area (Å²) in [5.74, 6) is 0.380. The number of anilines is 1. The maximum atomic E-state index is 11.1. The second-order valence-electron chi connectivity index (χ2n) is 2.36. The minimum absolute atomic E-state index is 0.152. The second kappa shape index (κ2) is 1.88. The van der Waals surface area contributed by atoms with E-state index in [1.165, 1.54) is 0 Å². The van der Waals surface area contributed by atoms with Gasteiger partial charge >= 0.3 is 0 Å². The van der Waals surface area contributed by atoms with Crippen molar-refractivity contribution in [3.8, 4) is 0 Å². The highest BCUT2D eigenvalue weighted by atomic mass is 16.1. The van der Waals surface area contributed by atoms with Gasteiger partial charge in [0.25, 0.3) is 5.56 Å². The molecule has 0 saturated carbocycles. The molecule has 4 heteroatoms. The summed E-state index contributed by atoms with van der Waals surface area (Å²) in [5.41, 5.74) is 6.03. The molecule has 2 heterocycles. The molecule has 0 unspecified atom stereocenters. The lowest BCUT2D eigenvalue weighted by atomic mass is 10.3. The molecule has 0 aliphatic heterocycles. The van der Waals surface area contributed by atoms with Gasteiger partial charge in [-0.2, -0.15) is 0 Å². The molecule has 0 bridgehead atoms. The van der Waals surface area contributed by atoms with Crippen LogP contribution in [-0.2, 0) is 0 Å². The van der Waals surface area contributed by atoms with Crippen molar-refractivity contribution in [1.29, 1.82) is 0 Å². The van der Waals surface area contributed by atoms with Crippen molar-refractivity contribution in [3.63, 3.8) is 0 Å². The van der Waals surface area contributed by atoms with E-state index in [2.05, 4.69) is 9.97 Å². The zero-order chi connectivity index (χ0) is 7.84. The number of fused-ring (bicyclic) bond motifs is 1. The van der Waals surface area contributed by atoms with E-state index in [9.17, 15) is 4.79 Å². The van der Waals surface area contributed by atoms with Crippen LogP contribution in [-0.4, -0.2) is 9.97 Å². The Labute approximate surface area is 62.0 Å². The first kappa shape index (κ1) is 6.03. The van der Waals surface area contributed by atoms with Crippen molar-refractivity contribution in [3.05, 3.63) is 28.7 Å². The normalized spacial score (nSPS) is 10.5. The van der Waals surface area contributed by atoms with Crippen molar-refractivity contribution in [2.24, 2.45) is 0 Å². The van der Waals surface area contributed by atoms with Gasteiger partial charge in [-0.1, -0.05) is 0 Å². The van der Waals surface area contributed by atoms with E-state index < -0.39 is 0 Å². The molecule has 4 nitrogen and oxygen atoms in total. The Kier molecular flexibility index (Phi) is 1.03. The lowest BCUT2D eigenvalue weighted by molar-refractivity contribution is 1.28. The highest BCUT2D eigenvalue weighted by Crippen LogP contribution is 2.07. The fourth-order valence-electron chi connectivity index (χ4n) is 1.09. The molecule has 0 saturated heterocycles. The Morgan fingerprint density at radius 3 is 3.09 bits per heavy atom. The minimum atomic E-state index is -0.152. The van der Waals surface area contributed by atoms with Gasteiger partial charge in [0.1, 0.15) is 5.82 Å². The van der Waals surface area contributed by atoms with Crippen molar-refractivity contribution < 1.29 is 0 Å². The SMILES string of the molecule is Nc1cc2[nH]ccc2c(=O)[nH]1. The summed E-state index contributed by atoms with van der Waals surface area (Å²) < 4.78 is 0. The van der Waals surface area contributed by atoms with Crippen molar-refractivity contribution in [1.82, 2.24) is 9.97 Å². The minimum Gasteiger partial charge on any atom is -0.385 e. The van der Waals surface area contributed by atoms with Gasteiger partial charge < -0.3 is 15.7 Å². The number of aromatic amines is 2. The number of H-pyrrole nitrogens is 2. The van der Waals surface area contributed by atoms with Gasteiger partial charge in [-0.3, -0.25) is 4.79 Å². The fourth-order valence-corrected chi connectivity index (χ4v) is 1.09. The molecule has 56 valence electrons. The first-order valence-electron chi connectivity index (χ1n) is 3.23. The molecule has 2 rings (SSSR count). The van der Waals surface area contributed by atoms with Crippen LogP contribution in [0.3, 0.4) is 0 Å². The van der Waals surface area contributed by atoms with Crippen LogP contribution in [0, 0.1) is 0 Å². The summed E-state index contributed by atoms with van der Waals surface area (Å²) in [6, 6.07) is 3.41. The van der Waals surface area contributed by atoms with E-state index in [0.717, 1.165) is 5.52 Å². The molecule has 4 N–H and O–H groups in total. The monoisotopic (exact) mass is 149 g/mol. The van der Waals surface area contributed by atoms with Crippen LogP contribution in [0.25, 0.3) is 10.9 Å². The first-order chi connectivity index (χ1) is 5.27. The summed E-state index contributed by atoms with van der Waals surface area (Å²) in [6.45, 7) is 0. The maximum absolute atomic E-state index is 11.1. The number of hydrogen-bond acceptors (Lipinski definition) is 2. The third-order valence-electron chi connectivity index (χ3n) is 1.58. The Hall–Kier alpha value is -1.71. The Morgan fingerprint density at radius 2 is 2.27 bits per heavy atom. The Bertz CT molecular complexity index is 440. The lowest BCUT2D eigenvalue weighted by Gasteiger charge is -1.91. The van der Waals surface area contributed by atoms with E-state index in [0.29, 0.717) is 11.2 Å². The van der Waals surface area contributed by atoms with Crippen LogP contribution in [0.2, 0.25) is 0 Å². The summed E-state index contributed by atoms with van der Waals surface area (Å²) >= 11 is 0. The van der Waals surface area contributed by atoms with Gasteiger partial charge in [-0.25, -0.2) is 0 Å². The van der Waals surface area contributed by atoms with Gasteiger partial charge in [0.2, 0.25) is 0 Å². The van der Waals surface area contributed by atoms with E-state index >= 15 is 0 Å². The smallest absolute Gasteiger partial charge is 0.258 e. The third kappa shape index (κ3) is 0.797. The fraction of sp³-hybridized carbons (Fsp3) is 0. The molecule has 0 atom stereocenters. The van der Waals surface area contributed by atoms with Crippen LogP contribution in [0.5, 0.6) is 0 Å². The molecule has 0 spiro atoms. The molecular weight excluding hydrogens is 142 g/mol. The topological polar surface area (TPSA) is 74.7 Å². The number of nitrogens with one attached hydrogen (secondary N) is 2. The molecule has 2 aromatic rings. The largest absolute Gasteiger partial charge is 0.385 e. The molecule has 0 radical (unpaired) electrons. The number of rotatable bonds is 0. The van der Waals surface area contributed by atoms with Gasteiger partial charge in [0, 0.05) is 12.3 Å². The molecule has 0 amide bonds. The highest BCUT2D eigenvalue weighted by Gasteiger charge is 1.98. The van der Waals surface area contributed by atoms with E-state index in [-0.39, 0.29) is 5.56 Å². The maximum Gasteiger partial charge on any atom is 0.258 e. The van der Waals surface area contributed by atoms with Crippen LogP contribution in [0.15, 0.2) is 23.1 Å². The van der Waals surface area contributed by atoms with Crippen molar-refractivity contribution >= 4 is 16.7 Å². The van der Waals surface area contributed by atoms with Crippen LogP contribution < -0.4 is 11.3 Å². The van der Waals surface area contributed by atoms with E-state index in [1.807, 2.05) is 0 Å². The van der Waals surface area contributed by atoms with Crippen molar-refractivity contribution in [2.75, 3.05) is 5.73 Å². The number of pyridine rings is 1. The number of aromatic nitrogens is 2. The predicted molar refractivity (Wildman–Crippen MR) is 43.3 cm³/mol. The average Bonchev–Trinajstić information content (AvgIpc) is 2.34. The summed E-state index contributed by atoms with van der Waals surface area (Å²) in [5, 5.41) is 0.638. The van der Waals surface area contributed by atoms with Gasteiger partial charge in [-0.05, 0) is 6.07 Å². The number of hydrogen-bond donors (Lipinski definition) is 3. The zero-order valence-corrected chi connectivity index (χ0v) is 5.72. The number of nitrogen functional groups attached to an aromatic ring is 1. The average molecular weight is 149 g/mol. The van der Waals surface area contributed by atoms with Crippen LogP contribution in [0.1, 0.15) is 0 Å². The van der Waals surface area contributed by atoms with Gasteiger partial charge in [0.15, 0.2) is 0 Å². The molecule has 0 aliphatic rings. The van der Waals surface area contributed by atoms with Gasteiger partial charge in [0.05, 0.1) is 10.9 Å². The third-order valence-corrected chi connectivity index (χ3v) is 1.58. The van der Waals surface area contributed by atoms with E-state index in [4.69, 9.17) is 5.73 Å². The van der Waals surface area contributed by atoms with Crippen LogP contribution in [0.4, 0.5) is 5.82 Å². The first-order valence-corrected chi connectivity index (χ1v) is 3.23. The quantitative estimate of drug-likeness (QED) is 0.508. The van der Waals surface area contributed by atoms with Gasteiger partial charge in [-0.15, -0.1) is 0 Å². The highest BCUT2D eigenvalue weighted by molar-refractivity contribution is 5.80. The van der Waals surface area contributed by atoms with E-state index in [1.54, 1.807) is 18.3 Å². The molecule has 0 aromatic carbocycles. The molecule has 11 heavy (non-hydrogen) atoms. The predicted octanol–water partition coefficient (Wildman–Crippen LogP) is 0.438. The summed E-state index contributed by atoms with van der Waals surface area (Å²) in [7, 11) is 0. The molecule has 0 aliphatic carbocycles. The molecule has 2 aromatic heterocycles. The summed E-state index contributed by atoms with van der Waals surface area (Å²) in [6.07, 6.45) is 1.71. The standard InChI is InChI=1S/C7H7N3O/c8-6-3-5-4(1-2-9-5)7(11)10-6/h1-3,9H,(H3,8,10,11). The van der Waals surface area contributed by atoms with Crippen LogP contribution >= 0.6 is 0 Å². The van der Waals surface area contributed by atoms with Crippen molar-refractivity contribution in [2.45, 2.75) is 0 Å². The number of nitrogens with two attached hydrogens (primary N) is 1. The Morgan fingerprint density at radius 1 is 1.45 bits per heavy atom. The second-order valence-corrected chi connectivity index (χ2v) is 2.36. The lowest BCUT2D eigenvalue weighted by Crippen LogP contribution is -2.07.